The third-order valence-electron chi connectivity index (χ3n) is 11.5. The van der Waals surface area contributed by atoms with Crippen molar-refractivity contribution in [2.45, 2.75) is 18.3 Å². The first kappa shape index (κ1) is 29.2. The summed E-state index contributed by atoms with van der Waals surface area (Å²) < 4.78 is 16.6. The van der Waals surface area contributed by atoms with Gasteiger partial charge in [-0.05, 0) is 106 Å². The molecule has 1 aliphatic heterocycles. The van der Waals surface area contributed by atoms with Gasteiger partial charge in [0.05, 0.1) is 16.8 Å². The van der Waals surface area contributed by atoms with Gasteiger partial charge in [0.25, 0.3) is 0 Å². The lowest BCUT2D eigenvalue weighted by molar-refractivity contribution is 0.360. The van der Waals surface area contributed by atoms with Gasteiger partial charge in [0.15, 0.2) is 23.0 Å². The quantitative estimate of drug-likeness (QED) is 0.183. The molecule has 0 amide bonds. The number of hydrogen-bond donors (Lipinski definition) is 0. The van der Waals surface area contributed by atoms with Crippen LogP contribution in [0.15, 0.2) is 170 Å². The summed E-state index contributed by atoms with van der Waals surface area (Å²) in [6, 6.07) is 52.8. The summed E-state index contributed by atoms with van der Waals surface area (Å²) in [5.41, 5.74) is 12.9. The van der Waals surface area contributed by atoms with E-state index in [0.717, 1.165) is 41.4 Å². The molecule has 53 heavy (non-hydrogen) atoms. The van der Waals surface area contributed by atoms with Crippen molar-refractivity contribution in [1.82, 2.24) is 0 Å². The number of thiophene rings is 1. The molecular formula is C49H31NO2S. The van der Waals surface area contributed by atoms with Crippen molar-refractivity contribution in [1.29, 1.82) is 0 Å². The van der Waals surface area contributed by atoms with Crippen LogP contribution in [-0.4, -0.2) is 0 Å². The summed E-state index contributed by atoms with van der Waals surface area (Å²) >= 11 is 1.84. The van der Waals surface area contributed by atoms with E-state index < -0.39 is 5.41 Å². The lowest BCUT2D eigenvalue weighted by Crippen LogP contribution is -2.26. The molecule has 0 fully saturated rings. The van der Waals surface area contributed by atoms with Gasteiger partial charge in [-0.3, -0.25) is 0 Å². The number of para-hydroxylation sites is 1. The van der Waals surface area contributed by atoms with E-state index in [0.29, 0.717) is 11.5 Å². The van der Waals surface area contributed by atoms with Crippen LogP contribution in [0.2, 0.25) is 0 Å². The molecule has 12 rings (SSSR count). The Morgan fingerprint density at radius 2 is 1.15 bits per heavy atom. The van der Waals surface area contributed by atoms with E-state index in [1.807, 2.05) is 17.4 Å². The van der Waals surface area contributed by atoms with Gasteiger partial charge in [-0.25, -0.2) is 0 Å². The second kappa shape index (κ2) is 10.8. The molecule has 0 saturated carbocycles. The summed E-state index contributed by atoms with van der Waals surface area (Å²) in [6.45, 7) is 0. The zero-order valence-corrected chi connectivity index (χ0v) is 29.5. The minimum Gasteiger partial charge on any atom is -0.449 e. The lowest BCUT2D eigenvalue weighted by atomic mass is 9.70. The maximum atomic E-state index is 7.10. The maximum Gasteiger partial charge on any atom is 0.194 e. The third kappa shape index (κ3) is 3.88. The van der Waals surface area contributed by atoms with E-state index >= 15 is 0 Å². The third-order valence-corrected chi connectivity index (χ3v) is 12.7. The molecule has 0 N–H and O–H groups in total. The van der Waals surface area contributed by atoms with Gasteiger partial charge in [-0.15, -0.1) is 11.3 Å². The van der Waals surface area contributed by atoms with E-state index in [-0.39, 0.29) is 0 Å². The average molecular weight is 698 g/mol. The van der Waals surface area contributed by atoms with Crippen LogP contribution in [0.3, 0.4) is 0 Å². The Morgan fingerprint density at radius 3 is 1.91 bits per heavy atom. The molecule has 0 atom stereocenters. The summed E-state index contributed by atoms with van der Waals surface area (Å²) in [4.78, 5) is 2.37. The molecule has 1 spiro atoms. The molecule has 3 nitrogen and oxygen atoms in total. The van der Waals surface area contributed by atoms with Gasteiger partial charge in [0.1, 0.15) is 0 Å². The fourth-order valence-electron chi connectivity index (χ4n) is 9.47. The lowest BCUT2D eigenvalue weighted by Gasteiger charge is -2.33. The van der Waals surface area contributed by atoms with Crippen LogP contribution in [0.25, 0.3) is 42.4 Å². The van der Waals surface area contributed by atoms with Crippen molar-refractivity contribution in [3.05, 3.63) is 192 Å². The molecule has 8 aromatic rings. The summed E-state index contributed by atoms with van der Waals surface area (Å²) in [6.07, 6.45) is 8.87. The molecule has 1 aromatic heterocycles. The first-order valence-electron chi connectivity index (χ1n) is 18.3. The van der Waals surface area contributed by atoms with Gasteiger partial charge in [0.2, 0.25) is 0 Å². The molecule has 250 valence electrons. The Kier molecular flexibility index (Phi) is 5.98. The van der Waals surface area contributed by atoms with Crippen LogP contribution < -0.4 is 14.4 Å². The molecule has 0 unspecified atom stereocenters. The highest BCUT2D eigenvalue weighted by Crippen LogP contribution is 2.65. The van der Waals surface area contributed by atoms with Gasteiger partial charge in [-0.1, -0.05) is 115 Å². The van der Waals surface area contributed by atoms with Crippen LogP contribution in [0.1, 0.15) is 35.1 Å². The second-order valence-corrected chi connectivity index (χ2v) is 15.3. The highest BCUT2D eigenvalue weighted by atomic mass is 32.1. The SMILES string of the molecule is C1=CC(N(c2cccc3c2Oc2cc4c(cc2O3)C2(c3ccccc3-c3ccccc32)c2ccccc2-4)c2cccc3sc4ccccc4c23)=CCC1. The Labute approximate surface area is 311 Å². The second-order valence-electron chi connectivity index (χ2n) is 14.2. The Bertz CT molecular complexity index is 2880. The fourth-order valence-corrected chi connectivity index (χ4v) is 10.6. The standard InChI is InChI=1S/C49H31NO2S/c1-2-14-30(15-3-1)50(40-23-13-27-46-47(40)34-19-7-11-26-45(34)53-46)41-24-12-25-42-48(41)52-43-28-35-33-18-6-10-22-38(33)49(39(35)29-44(43)51-42)36-20-8-4-16-31(36)32-17-5-9-21-37(32)49/h2,4-29H,1,3H2. The number of hydrogen-bond acceptors (Lipinski definition) is 4. The zero-order chi connectivity index (χ0) is 34.7. The van der Waals surface area contributed by atoms with Crippen molar-refractivity contribution >= 4 is 42.9 Å². The van der Waals surface area contributed by atoms with Crippen LogP contribution in [0.4, 0.5) is 11.4 Å². The predicted octanol–water partition coefficient (Wildman–Crippen LogP) is 13.7. The number of anilines is 2. The largest absolute Gasteiger partial charge is 0.449 e. The van der Waals surface area contributed by atoms with E-state index in [2.05, 4.69) is 163 Å². The first-order valence-corrected chi connectivity index (χ1v) is 19.1. The Hall–Kier alpha value is -6.36. The van der Waals surface area contributed by atoms with Gasteiger partial charge >= 0.3 is 0 Å². The number of nitrogens with zero attached hydrogens (tertiary/aromatic N) is 1. The first-order chi connectivity index (χ1) is 26.3. The molecular weight excluding hydrogens is 667 g/mol. The van der Waals surface area contributed by atoms with Gasteiger partial charge in [0, 0.05) is 25.9 Å². The monoisotopic (exact) mass is 697 g/mol. The smallest absolute Gasteiger partial charge is 0.194 e. The molecule has 0 bridgehead atoms. The zero-order valence-electron chi connectivity index (χ0n) is 28.7. The van der Waals surface area contributed by atoms with E-state index in [1.54, 1.807) is 0 Å². The molecule has 4 heteroatoms. The van der Waals surface area contributed by atoms with Crippen molar-refractivity contribution in [2.24, 2.45) is 0 Å². The highest BCUT2D eigenvalue weighted by Gasteiger charge is 2.52. The van der Waals surface area contributed by atoms with Crippen LogP contribution in [0, 0.1) is 0 Å². The normalized spacial score (nSPS) is 15.1. The van der Waals surface area contributed by atoms with E-state index in [1.165, 1.54) is 64.7 Å². The van der Waals surface area contributed by atoms with Crippen LogP contribution in [0.5, 0.6) is 23.0 Å². The number of fused-ring (bicyclic) bond motifs is 15. The van der Waals surface area contributed by atoms with E-state index in [9.17, 15) is 0 Å². The van der Waals surface area contributed by atoms with Gasteiger partial charge in [-0.2, -0.15) is 0 Å². The maximum absolute atomic E-state index is 7.10. The van der Waals surface area contributed by atoms with Crippen molar-refractivity contribution in [2.75, 3.05) is 4.90 Å². The molecule has 7 aromatic carbocycles. The van der Waals surface area contributed by atoms with Crippen molar-refractivity contribution < 1.29 is 9.47 Å². The molecule has 2 heterocycles. The summed E-state index contributed by atoms with van der Waals surface area (Å²) in [7, 11) is 0. The summed E-state index contributed by atoms with van der Waals surface area (Å²) in [5.74, 6) is 2.88. The number of benzene rings is 7. The number of rotatable bonds is 3. The van der Waals surface area contributed by atoms with E-state index in [4.69, 9.17) is 9.47 Å². The minimum atomic E-state index is -0.446. The average Bonchev–Trinajstić information content (AvgIpc) is 3.84. The fraction of sp³-hybridized carbons (Fsp3) is 0.0612. The minimum absolute atomic E-state index is 0.446. The number of allylic oxidation sites excluding steroid dienone is 3. The molecule has 0 radical (unpaired) electrons. The molecule has 0 saturated heterocycles. The molecule has 3 aliphatic carbocycles. The topological polar surface area (TPSA) is 21.7 Å². The Balaban J connectivity index is 1.06. The van der Waals surface area contributed by atoms with Crippen molar-refractivity contribution in [3.8, 4) is 45.3 Å². The van der Waals surface area contributed by atoms with Crippen LogP contribution >= 0.6 is 11.3 Å². The summed E-state index contributed by atoms with van der Waals surface area (Å²) in [5, 5.41) is 2.51. The molecule has 4 aliphatic rings. The van der Waals surface area contributed by atoms with Crippen molar-refractivity contribution in [3.63, 3.8) is 0 Å². The predicted molar refractivity (Wildman–Crippen MR) is 217 cm³/mol. The number of ether oxygens (including phenoxy) is 2. The highest BCUT2D eigenvalue weighted by molar-refractivity contribution is 7.26. The van der Waals surface area contributed by atoms with Gasteiger partial charge < -0.3 is 14.4 Å². The Morgan fingerprint density at radius 1 is 0.509 bits per heavy atom. The van der Waals surface area contributed by atoms with Crippen LogP contribution in [-0.2, 0) is 5.41 Å².